The molecule has 3 aromatic heterocycles. The SMILES string of the molecule is CC(C)c1nc(CCNc2cc(C3CC3)nn3cnnc23)cs1. The molecule has 0 aliphatic heterocycles. The predicted molar refractivity (Wildman–Crippen MR) is 91.2 cm³/mol. The lowest BCUT2D eigenvalue weighted by Gasteiger charge is -2.08. The largest absolute Gasteiger partial charge is 0.381 e. The fourth-order valence-electron chi connectivity index (χ4n) is 2.58. The van der Waals surface area contributed by atoms with Crippen LogP contribution in [0.5, 0.6) is 0 Å². The summed E-state index contributed by atoms with van der Waals surface area (Å²) < 4.78 is 1.77. The van der Waals surface area contributed by atoms with E-state index in [1.54, 1.807) is 22.2 Å². The molecule has 120 valence electrons. The Morgan fingerprint density at radius 2 is 2.26 bits per heavy atom. The molecule has 0 saturated heterocycles. The van der Waals surface area contributed by atoms with Crippen molar-refractivity contribution in [3.8, 4) is 0 Å². The zero-order valence-corrected chi connectivity index (χ0v) is 14.2. The highest BCUT2D eigenvalue weighted by Gasteiger charge is 2.26. The van der Waals surface area contributed by atoms with Gasteiger partial charge in [0.25, 0.3) is 0 Å². The summed E-state index contributed by atoms with van der Waals surface area (Å²) in [7, 11) is 0. The first-order valence-corrected chi connectivity index (χ1v) is 8.98. The molecule has 0 atom stereocenters. The van der Waals surface area contributed by atoms with E-state index in [4.69, 9.17) is 0 Å². The van der Waals surface area contributed by atoms with Crippen LogP contribution in [-0.4, -0.2) is 31.3 Å². The van der Waals surface area contributed by atoms with E-state index in [0.717, 1.165) is 35.7 Å². The van der Waals surface area contributed by atoms with E-state index in [1.807, 2.05) is 0 Å². The fourth-order valence-corrected chi connectivity index (χ4v) is 3.45. The van der Waals surface area contributed by atoms with Crippen LogP contribution < -0.4 is 5.32 Å². The maximum atomic E-state index is 4.68. The lowest BCUT2D eigenvalue weighted by atomic mass is 10.2. The Morgan fingerprint density at radius 1 is 1.39 bits per heavy atom. The van der Waals surface area contributed by atoms with Crippen LogP contribution in [0.2, 0.25) is 0 Å². The summed E-state index contributed by atoms with van der Waals surface area (Å²) >= 11 is 1.75. The summed E-state index contributed by atoms with van der Waals surface area (Å²) in [6.45, 7) is 5.19. The number of nitrogens with one attached hydrogen (secondary N) is 1. The summed E-state index contributed by atoms with van der Waals surface area (Å²) in [5.41, 5.74) is 4.09. The Hall–Kier alpha value is -2.02. The van der Waals surface area contributed by atoms with Crippen LogP contribution in [0, 0.1) is 0 Å². The lowest BCUT2D eigenvalue weighted by molar-refractivity contribution is 0.833. The van der Waals surface area contributed by atoms with Gasteiger partial charge in [0.05, 0.1) is 22.1 Å². The number of anilines is 1. The van der Waals surface area contributed by atoms with Crippen LogP contribution in [-0.2, 0) is 6.42 Å². The highest BCUT2D eigenvalue weighted by Crippen LogP contribution is 2.39. The summed E-state index contributed by atoms with van der Waals surface area (Å²) in [6.07, 6.45) is 5.04. The third-order valence-electron chi connectivity index (χ3n) is 4.04. The van der Waals surface area contributed by atoms with Crippen molar-refractivity contribution in [2.75, 3.05) is 11.9 Å². The van der Waals surface area contributed by atoms with Crippen LogP contribution in [0.1, 0.15) is 54.9 Å². The van der Waals surface area contributed by atoms with Gasteiger partial charge in [-0.15, -0.1) is 21.5 Å². The Balaban J connectivity index is 1.47. The average molecular weight is 328 g/mol. The minimum absolute atomic E-state index is 0.499. The highest BCUT2D eigenvalue weighted by molar-refractivity contribution is 7.09. The van der Waals surface area contributed by atoms with Crippen molar-refractivity contribution < 1.29 is 0 Å². The molecule has 0 aromatic carbocycles. The normalized spacial score (nSPS) is 14.7. The van der Waals surface area contributed by atoms with Crippen molar-refractivity contribution in [2.45, 2.75) is 44.9 Å². The second-order valence-corrected chi connectivity index (χ2v) is 7.25. The summed E-state index contributed by atoms with van der Waals surface area (Å²) in [6, 6.07) is 2.13. The van der Waals surface area contributed by atoms with Crippen LogP contribution in [0.25, 0.3) is 5.65 Å². The van der Waals surface area contributed by atoms with Gasteiger partial charge in [0.2, 0.25) is 5.65 Å². The molecule has 4 rings (SSSR count). The summed E-state index contributed by atoms with van der Waals surface area (Å²) in [4.78, 5) is 4.68. The van der Waals surface area contributed by atoms with Gasteiger partial charge in [-0.3, -0.25) is 0 Å². The quantitative estimate of drug-likeness (QED) is 0.752. The first-order chi connectivity index (χ1) is 11.2. The van der Waals surface area contributed by atoms with E-state index < -0.39 is 0 Å². The van der Waals surface area contributed by atoms with Crippen LogP contribution in [0.3, 0.4) is 0 Å². The molecule has 6 nitrogen and oxygen atoms in total. The summed E-state index contributed by atoms with van der Waals surface area (Å²) in [5, 5.41) is 19.6. The molecular formula is C16H20N6S. The highest BCUT2D eigenvalue weighted by atomic mass is 32.1. The van der Waals surface area contributed by atoms with E-state index in [1.165, 1.54) is 17.8 Å². The molecule has 23 heavy (non-hydrogen) atoms. The molecule has 0 radical (unpaired) electrons. The Kier molecular flexibility index (Phi) is 3.72. The molecule has 3 heterocycles. The number of rotatable bonds is 6. The van der Waals surface area contributed by atoms with Crippen LogP contribution >= 0.6 is 11.3 Å². The Labute approximate surface area is 139 Å². The van der Waals surface area contributed by atoms with Crippen molar-refractivity contribution >= 4 is 22.7 Å². The number of thiazole rings is 1. The van der Waals surface area contributed by atoms with Crippen LogP contribution in [0.4, 0.5) is 5.69 Å². The second kappa shape index (κ2) is 5.88. The van der Waals surface area contributed by atoms with Crippen molar-refractivity contribution in [3.05, 3.63) is 34.2 Å². The first kappa shape index (κ1) is 14.6. The Morgan fingerprint density at radius 3 is 3.00 bits per heavy atom. The molecule has 1 aliphatic carbocycles. The third-order valence-corrected chi connectivity index (χ3v) is 5.24. The minimum Gasteiger partial charge on any atom is -0.381 e. The van der Waals surface area contributed by atoms with Gasteiger partial charge >= 0.3 is 0 Å². The van der Waals surface area contributed by atoms with Gasteiger partial charge in [-0.2, -0.15) is 9.61 Å². The van der Waals surface area contributed by atoms with Gasteiger partial charge in [-0.25, -0.2) is 4.98 Å². The third kappa shape index (κ3) is 3.06. The van der Waals surface area contributed by atoms with Crippen molar-refractivity contribution in [1.29, 1.82) is 0 Å². The van der Waals surface area contributed by atoms with E-state index in [0.29, 0.717) is 11.8 Å². The average Bonchev–Trinajstić information content (AvgIpc) is 3.08. The van der Waals surface area contributed by atoms with Crippen LogP contribution in [0.15, 0.2) is 17.8 Å². The van der Waals surface area contributed by atoms with Gasteiger partial charge < -0.3 is 5.32 Å². The Bertz CT molecular complexity index is 817. The number of aromatic nitrogens is 5. The molecule has 1 aliphatic rings. The van der Waals surface area contributed by atoms with Gasteiger partial charge in [-0.05, 0) is 18.9 Å². The molecule has 0 bridgehead atoms. The predicted octanol–water partition coefficient (Wildman–Crippen LogP) is 3.24. The van der Waals surface area contributed by atoms with Gasteiger partial charge in [0.15, 0.2) is 0 Å². The molecule has 3 aromatic rings. The van der Waals surface area contributed by atoms with E-state index in [-0.39, 0.29) is 0 Å². The maximum Gasteiger partial charge on any atom is 0.200 e. The lowest BCUT2D eigenvalue weighted by Crippen LogP contribution is -2.08. The smallest absolute Gasteiger partial charge is 0.200 e. The van der Waals surface area contributed by atoms with E-state index >= 15 is 0 Å². The van der Waals surface area contributed by atoms with Gasteiger partial charge in [0.1, 0.15) is 6.33 Å². The molecule has 1 N–H and O–H groups in total. The maximum absolute atomic E-state index is 4.68. The first-order valence-electron chi connectivity index (χ1n) is 8.10. The molecule has 0 spiro atoms. The standard InChI is InChI=1S/C16H20N6S/c1-10(2)16-19-12(8-23-16)5-6-17-14-7-13(11-3-4-11)21-22-9-18-20-15(14)22/h7-11,17H,3-6H2,1-2H3. The monoisotopic (exact) mass is 328 g/mol. The molecular weight excluding hydrogens is 308 g/mol. The number of fused-ring (bicyclic) bond motifs is 1. The van der Waals surface area contributed by atoms with E-state index in [9.17, 15) is 0 Å². The minimum atomic E-state index is 0.499. The molecule has 1 saturated carbocycles. The van der Waals surface area contributed by atoms with Crippen molar-refractivity contribution in [2.24, 2.45) is 0 Å². The second-order valence-electron chi connectivity index (χ2n) is 6.36. The molecule has 7 heteroatoms. The number of hydrogen-bond donors (Lipinski definition) is 1. The zero-order chi connectivity index (χ0) is 15.8. The molecule has 1 fully saturated rings. The van der Waals surface area contributed by atoms with E-state index in [2.05, 4.69) is 50.9 Å². The van der Waals surface area contributed by atoms with Crippen molar-refractivity contribution in [3.63, 3.8) is 0 Å². The topological polar surface area (TPSA) is 68.0 Å². The number of nitrogens with zero attached hydrogens (tertiary/aromatic N) is 5. The fraction of sp³-hybridized carbons (Fsp3) is 0.500. The van der Waals surface area contributed by atoms with Crippen molar-refractivity contribution in [1.82, 2.24) is 24.8 Å². The molecule has 0 amide bonds. The van der Waals surface area contributed by atoms with Gasteiger partial charge in [-0.1, -0.05) is 13.8 Å². The number of hydrogen-bond acceptors (Lipinski definition) is 6. The summed E-state index contributed by atoms with van der Waals surface area (Å²) in [5.74, 6) is 1.10. The zero-order valence-electron chi connectivity index (χ0n) is 13.4. The van der Waals surface area contributed by atoms with Gasteiger partial charge in [0, 0.05) is 30.2 Å². The molecule has 0 unspecified atom stereocenters.